The van der Waals surface area contributed by atoms with Gasteiger partial charge in [-0.05, 0) is 57.3 Å². The van der Waals surface area contributed by atoms with Crippen LogP contribution in [0, 0.1) is 0 Å². The molecule has 1 atom stereocenters. The van der Waals surface area contributed by atoms with Crippen molar-refractivity contribution in [2.45, 2.75) is 37.6 Å². The van der Waals surface area contributed by atoms with Gasteiger partial charge < -0.3 is 14.6 Å². The van der Waals surface area contributed by atoms with Gasteiger partial charge in [-0.15, -0.1) is 10.2 Å². The van der Waals surface area contributed by atoms with Crippen LogP contribution in [0.2, 0.25) is 0 Å². The molecule has 1 saturated carbocycles. The van der Waals surface area contributed by atoms with E-state index in [4.69, 9.17) is 4.98 Å². The molecule has 30 heavy (non-hydrogen) atoms. The minimum Gasteiger partial charge on any atom is -0.505 e. The molecule has 1 aliphatic heterocycles. The predicted molar refractivity (Wildman–Crippen MR) is 115 cm³/mol. The highest BCUT2D eigenvalue weighted by molar-refractivity contribution is 5.93. The molecule has 0 radical (unpaired) electrons. The van der Waals surface area contributed by atoms with Gasteiger partial charge in [-0.25, -0.2) is 4.98 Å². The SMILES string of the molecule is CN1CCC[C@@H](n2cnc3c(C4CC4)c(-c4ccc5cccnc5c4O)nnc32)C1. The summed E-state index contributed by atoms with van der Waals surface area (Å²) in [6, 6.07) is 8.10. The Morgan fingerprint density at radius 3 is 2.77 bits per heavy atom. The number of hydrogen-bond donors (Lipinski definition) is 1. The molecule has 6 rings (SSSR count). The molecular weight excluding hydrogens is 376 g/mol. The standard InChI is InChI=1S/C23H24N6O/c1-28-11-3-5-16(12-28)29-13-25-21-18(14-6-7-14)20(26-27-23(21)29)17-9-8-15-4-2-10-24-19(15)22(17)30/h2,4,8-10,13-14,16,30H,3,5-7,11-12H2,1H3/t16-/m1/s1. The number of aromatic nitrogens is 5. The van der Waals surface area contributed by atoms with Crippen LogP contribution in [0.4, 0.5) is 0 Å². The number of fused-ring (bicyclic) bond motifs is 2. The van der Waals surface area contributed by atoms with Crippen LogP contribution in [0.15, 0.2) is 36.8 Å². The number of aromatic hydroxyl groups is 1. The minimum atomic E-state index is 0.164. The zero-order valence-corrected chi connectivity index (χ0v) is 17.0. The number of benzene rings is 1. The van der Waals surface area contributed by atoms with Gasteiger partial charge in [0.1, 0.15) is 16.7 Å². The van der Waals surface area contributed by atoms with E-state index in [1.165, 1.54) is 6.42 Å². The Kier molecular flexibility index (Phi) is 3.99. The third-order valence-electron chi connectivity index (χ3n) is 6.50. The van der Waals surface area contributed by atoms with Crippen molar-refractivity contribution in [2.24, 2.45) is 0 Å². The highest BCUT2D eigenvalue weighted by Gasteiger charge is 2.33. The predicted octanol–water partition coefficient (Wildman–Crippen LogP) is 3.89. The summed E-state index contributed by atoms with van der Waals surface area (Å²) in [6.07, 6.45) is 8.19. The van der Waals surface area contributed by atoms with E-state index < -0.39 is 0 Å². The number of piperidine rings is 1. The maximum absolute atomic E-state index is 11.0. The summed E-state index contributed by atoms with van der Waals surface area (Å²) >= 11 is 0. The number of likely N-dealkylation sites (tertiary alicyclic amines) is 1. The monoisotopic (exact) mass is 400 g/mol. The van der Waals surface area contributed by atoms with Crippen LogP contribution in [-0.4, -0.2) is 54.9 Å². The van der Waals surface area contributed by atoms with E-state index in [1.807, 2.05) is 30.6 Å². The Bertz CT molecular complexity index is 1260. The van der Waals surface area contributed by atoms with Crippen LogP contribution in [0.1, 0.15) is 43.2 Å². The first-order valence-electron chi connectivity index (χ1n) is 10.7. The lowest BCUT2D eigenvalue weighted by Gasteiger charge is -2.30. The van der Waals surface area contributed by atoms with Gasteiger partial charge in [0.2, 0.25) is 0 Å². The number of imidazole rings is 1. The summed E-state index contributed by atoms with van der Waals surface area (Å²) < 4.78 is 2.20. The number of phenols is 1. The van der Waals surface area contributed by atoms with Gasteiger partial charge in [-0.2, -0.15) is 0 Å². The topological polar surface area (TPSA) is 80.0 Å². The van der Waals surface area contributed by atoms with Crippen molar-refractivity contribution in [3.05, 3.63) is 42.4 Å². The Balaban J connectivity index is 1.53. The summed E-state index contributed by atoms with van der Waals surface area (Å²) in [5.41, 5.74) is 4.92. The molecule has 0 amide bonds. The molecule has 1 aromatic carbocycles. The van der Waals surface area contributed by atoms with E-state index in [2.05, 4.69) is 31.7 Å². The van der Waals surface area contributed by atoms with Crippen molar-refractivity contribution < 1.29 is 5.11 Å². The van der Waals surface area contributed by atoms with Crippen LogP contribution >= 0.6 is 0 Å². The molecule has 2 fully saturated rings. The van der Waals surface area contributed by atoms with Crippen LogP contribution in [-0.2, 0) is 0 Å². The second kappa shape index (κ2) is 6.74. The van der Waals surface area contributed by atoms with Gasteiger partial charge in [-0.1, -0.05) is 12.1 Å². The van der Waals surface area contributed by atoms with Gasteiger partial charge in [0, 0.05) is 35.3 Å². The fraction of sp³-hybridized carbons (Fsp3) is 0.391. The van der Waals surface area contributed by atoms with Crippen LogP contribution in [0.3, 0.4) is 0 Å². The fourth-order valence-electron chi connectivity index (χ4n) is 4.82. The summed E-state index contributed by atoms with van der Waals surface area (Å²) in [6.45, 7) is 2.15. The second-order valence-corrected chi connectivity index (χ2v) is 8.66. The average molecular weight is 400 g/mol. The molecule has 1 N–H and O–H groups in total. The second-order valence-electron chi connectivity index (χ2n) is 8.66. The van der Waals surface area contributed by atoms with Gasteiger partial charge in [0.15, 0.2) is 11.4 Å². The molecule has 7 heteroatoms. The Labute approximate surface area is 174 Å². The molecular formula is C23H24N6O. The number of phenolic OH excluding ortho intramolecular Hbond substituents is 1. The lowest BCUT2D eigenvalue weighted by Crippen LogP contribution is -2.33. The Hall–Kier alpha value is -3.06. The maximum atomic E-state index is 11.0. The molecule has 152 valence electrons. The molecule has 2 aliphatic rings. The molecule has 0 bridgehead atoms. The summed E-state index contributed by atoms with van der Waals surface area (Å²) in [7, 11) is 2.17. The van der Waals surface area contributed by atoms with Crippen molar-refractivity contribution in [3.63, 3.8) is 0 Å². The lowest BCUT2D eigenvalue weighted by atomic mass is 9.99. The summed E-state index contributed by atoms with van der Waals surface area (Å²) in [5, 5.41) is 21.1. The number of hydrogen-bond acceptors (Lipinski definition) is 6. The highest BCUT2D eigenvalue weighted by atomic mass is 16.3. The van der Waals surface area contributed by atoms with E-state index in [0.29, 0.717) is 23.0 Å². The first-order valence-corrected chi connectivity index (χ1v) is 10.7. The highest BCUT2D eigenvalue weighted by Crippen LogP contribution is 2.48. The van der Waals surface area contributed by atoms with Crippen LogP contribution in [0.5, 0.6) is 5.75 Å². The molecule has 7 nitrogen and oxygen atoms in total. The molecule has 4 heterocycles. The number of pyridine rings is 1. The zero-order chi connectivity index (χ0) is 20.2. The number of rotatable bonds is 3. The normalized spacial score (nSPS) is 20.2. The summed E-state index contributed by atoms with van der Waals surface area (Å²) in [5.74, 6) is 0.589. The van der Waals surface area contributed by atoms with Crippen molar-refractivity contribution in [1.82, 2.24) is 29.6 Å². The van der Waals surface area contributed by atoms with Gasteiger partial charge in [0.25, 0.3) is 0 Å². The number of nitrogens with zero attached hydrogens (tertiary/aromatic N) is 6. The molecule has 0 unspecified atom stereocenters. The first-order chi connectivity index (χ1) is 14.7. The maximum Gasteiger partial charge on any atom is 0.183 e. The molecule has 4 aromatic rings. The average Bonchev–Trinajstić information content (AvgIpc) is 3.51. The third-order valence-corrected chi connectivity index (χ3v) is 6.50. The largest absolute Gasteiger partial charge is 0.505 e. The van der Waals surface area contributed by atoms with Gasteiger partial charge in [0.05, 0.1) is 6.33 Å². The smallest absolute Gasteiger partial charge is 0.183 e. The summed E-state index contributed by atoms with van der Waals surface area (Å²) in [4.78, 5) is 11.5. The van der Waals surface area contributed by atoms with E-state index in [0.717, 1.165) is 60.2 Å². The molecule has 0 spiro atoms. The lowest BCUT2D eigenvalue weighted by molar-refractivity contribution is 0.214. The molecule has 1 saturated heterocycles. The fourth-order valence-corrected chi connectivity index (χ4v) is 4.82. The van der Waals surface area contributed by atoms with Crippen molar-refractivity contribution in [1.29, 1.82) is 0 Å². The van der Waals surface area contributed by atoms with Gasteiger partial charge in [-0.3, -0.25) is 4.98 Å². The van der Waals surface area contributed by atoms with Crippen molar-refractivity contribution in [3.8, 4) is 17.0 Å². The Morgan fingerprint density at radius 2 is 1.93 bits per heavy atom. The third kappa shape index (κ3) is 2.76. The Morgan fingerprint density at radius 1 is 1.03 bits per heavy atom. The van der Waals surface area contributed by atoms with E-state index in [9.17, 15) is 5.11 Å². The van der Waals surface area contributed by atoms with E-state index in [1.54, 1.807) is 6.20 Å². The van der Waals surface area contributed by atoms with Crippen LogP contribution in [0.25, 0.3) is 33.3 Å². The van der Waals surface area contributed by atoms with Crippen molar-refractivity contribution >= 4 is 22.1 Å². The van der Waals surface area contributed by atoms with Crippen LogP contribution < -0.4 is 0 Å². The quantitative estimate of drug-likeness (QED) is 0.562. The van der Waals surface area contributed by atoms with Gasteiger partial charge >= 0.3 is 0 Å². The van der Waals surface area contributed by atoms with Crippen molar-refractivity contribution in [2.75, 3.05) is 20.1 Å². The zero-order valence-electron chi connectivity index (χ0n) is 17.0. The molecule has 3 aromatic heterocycles. The number of likely N-dealkylation sites (N-methyl/N-ethyl adjacent to an activating group) is 1. The van der Waals surface area contributed by atoms with E-state index >= 15 is 0 Å². The molecule has 1 aliphatic carbocycles. The minimum absolute atomic E-state index is 0.164. The first kappa shape index (κ1) is 17.8. The van der Waals surface area contributed by atoms with E-state index in [-0.39, 0.29) is 5.75 Å².